The third-order valence-corrected chi connectivity index (χ3v) is 6.70. The van der Waals surface area contributed by atoms with Crippen LogP contribution in [0.3, 0.4) is 0 Å². The van der Waals surface area contributed by atoms with Crippen LogP contribution in [-0.2, 0) is 15.0 Å². The molecule has 0 spiro atoms. The third-order valence-electron chi connectivity index (χ3n) is 4.41. The first kappa shape index (κ1) is 15.7. The van der Waals surface area contributed by atoms with Crippen LogP contribution in [0.15, 0.2) is 0 Å². The quantitative estimate of drug-likeness (QED) is 0.855. The highest BCUT2D eigenvalue weighted by Gasteiger charge is 2.44. The number of aliphatic carboxylic acids is 1. The zero-order valence-corrected chi connectivity index (χ0v) is 13.0. The van der Waals surface area contributed by atoms with Crippen molar-refractivity contribution in [2.45, 2.75) is 70.5 Å². The average molecular weight is 304 g/mol. The molecule has 116 valence electrons. The lowest BCUT2D eigenvalue weighted by molar-refractivity contribution is -0.142. The van der Waals surface area contributed by atoms with E-state index < -0.39 is 22.2 Å². The van der Waals surface area contributed by atoms with Crippen LogP contribution >= 0.6 is 0 Å². The van der Waals surface area contributed by atoms with Gasteiger partial charge in [0.05, 0.1) is 0 Å². The van der Waals surface area contributed by atoms with Gasteiger partial charge in [0.2, 0.25) is 0 Å². The van der Waals surface area contributed by atoms with Crippen LogP contribution in [0.2, 0.25) is 0 Å². The van der Waals surface area contributed by atoms with E-state index in [0.717, 1.165) is 32.1 Å². The van der Waals surface area contributed by atoms with Gasteiger partial charge < -0.3 is 5.11 Å². The zero-order chi connectivity index (χ0) is 14.9. The molecule has 1 N–H and O–H groups in total. The van der Waals surface area contributed by atoms with Gasteiger partial charge >= 0.3 is 5.97 Å². The van der Waals surface area contributed by atoms with Crippen LogP contribution in [0.4, 0.5) is 0 Å². The molecule has 0 amide bonds. The lowest BCUT2D eigenvalue weighted by Crippen LogP contribution is -2.58. The van der Waals surface area contributed by atoms with Crippen molar-refractivity contribution in [1.82, 2.24) is 8.61 Å². The van der Waals surface area contributed by atoms with Crippen molar-refractivity contribution in [2.75, 3.05) is 6.54 Å². The van der Waals surface area contributed by atoms with Crippen molar-refractivity contribution in [1.29, 1.82) is 0 Å². The molecule has 0 bridgehead atoms. The van der Waals surface area contributed by atoms with Crippen molar-refractivity contribution in [3.05, 3.63) is 0 Å². The molecule has 2 fully saturated rings. The third kappa shape index (κ3) is 2.84. The number of piperidine rings is 2. The lowest BCUT2D eigenvalue weighted by atomic mass is 10.0. The van der Waals surface area contributed by atoms with Crippen LogP contribution in [-0.4, -0.2) is 52.8 Å². The molecule has 3 unspecified atom stereocenters. The van der Waals surface area contributed by atoms with Gasteiger partial charge in [-0.05, 0) is 46.0 Å². The summed E-state index contributed by atoms with van der Waals surface area (Å²) in [5.41, 5.74) is 0. The molecule has 0 aromatic rings. The summed E-state index contributed by atoms with van der Waals surface area (Å²) < 4.78 is 28.5. The number of nitrogens with zero attached hydrogens (tertiary/aromatic N) is 2. The van der Waals surface area contributed by atoms with Crippen molar-refractivity contribution in [3.8, 4) is 0 Å². The maximum absolute atomic E-state index is 12.9. The van der Waals surface area contributed by atoms with Gasteiger partial charge in [-0.2, -0.15) is 17.0 Å². The number of carboxylic acid groups (broad SMARTS) is 1. The Bertz CT molecular complexity index is 455. The molecule has 2 aliphatic rings. The maximum Gasteiger partial charge on any atom is 0.322 e. The molecule has 6 nitrogen and oxygen atoms in total. The summed E-state index contributed by atoms with van der Waals surface area (Å²) in [7, 11) is -3.69. The standard InChI is InChI=1S/C13H24N2O4S/c1-10-6-5-7-11(2)15(10)20(18,19)14-9-4-3-8-12(14)13(16)17/h10-12H,3-9H2,1-2H3,(H,16,17). The molecule has 2 aliphatic heterocycles. The summed E-state index contributed by atoms with van der Waals surface area (Å²) in [6, 6.07) is -1.02. The van der Waals surface area contributed by atoms with Gasteiger partial charge in [-0.1, -0.05) is 6.42 Å². The Morgan fingerprint density at radius 1 is 1.05 bits per heavy atom. The molecular formula is C13H24N2O4S. The van der Waals surface area contributed by atoms with Gasteiger partial charge in [-0.15, -0.1) is 0 Å². The summed E-state index contributed by atoms with van der Waals surface area (Å²) in [6.07, 6.45) is 4.62. The number of hydrogen-bond acceptors (Lipinski definition) is 3. The first-order chi connectivity index (χ1) is 9.35. The van der Waals surface area contributed by atoms with E-state index in [1.807, 2.05) is 13.8 Å². The van der Waals surface area contributed by atoms with Crippen molar-refractivity contribution >= 4 is 16.2 Å². The number of carboxylic acids is 1. The smallest absolute Gasteiger partial charge is 0.322 e. The largest absolute Gasteiger partial charge is 0.480 e. The van der Waals surface area contributed by atoms with Crippen molar-refractivity contribution < 1.29 is 18.3 Å². The van der Waals surface area contributed by atoms with Crippen LogP contribution in [0.1, 0.15) is 52.4 Å². The average Bonchev–Trinajstić information content (AvgIpc) is 2.38. The minimum Gasteiger partial charge on any atom is -0.480 e. The van der Waals surface area contributed by atoms with Gasteiger partial charge in [0.1, 0.15) is 6.04 Å². The van der Waals surface area contributed by atoms with E-state index in [0.29, 0.717) is 13.0 Å². The second-order valence-corrected chi connectivity index (χ2v) is 7.71. The Labute approximate surface area is 120 Å². The van der Waals surface area contributed by atoms with E-state index in [2.05, 4.69) is 0 Å². The molecule has 0 aromatic heterocycles. The first-order valence-electron chi connectivity index (χ1n) is 7.39. The topological polar surface area (TPSA) is 77.9 Å². The molecule has 0 aromatic carbocycles. The highest BCUT2D eigenvalue weighted by molar-refractivity contribution is 7.86. The summed E-state index contributed by atoms with van der Waals surface area (Å²) in [5, 5.41) is 9.28. The van der Waals surface area contributed by atoms with Crippen LogP contribution in [0.25, 0.3) is 0 Å². The molecule has 0 saturated carbocycles. The molecule has 0 radical (unpaired) electrons. The number of rotatable bonds is 3. The molecular weight excluding hydrogens is 280 g/mol. The zero-order valence-electron chi connectivity index (χ0n) is 12.2. The molecule has 2 saturated heterocycles. The van der Waals surface area contributed by atoms with Gasteiger partial charge in [0.15, 0.2) is 0 Å². The second kappa shape index (κ2) is 5.99. The van der Waals surface area contributed by atoms with E-state index in [-0.39, 0.29) is 12.1 Å². The summed E-state index contributed by atoms with van der Waals surface area (Å²) >= 11 is 0. The molecule has 3 atom stereocenters. The van der Waals surface area contributed by atoms with E-state index in [1.165, 1.54) is 8.61 Å². The van der Waals surface area contributed by atoms with Crippen LogP contribution in [0, 0.1) is 0 Å². The van der Waals surface area contributed by atoms with Gasteiger partial charge in [0.25, 0.3) is 10.2 Å². The summed E-state index contributed by atoms with van der Waals surface area (Å²) in [4.78, 5) is 11.3. The maximum atomic E-state index is 12.9. The highest BCUT2D eigenvalue weighted by Crippen LogP contribution is 2.30. The Balaban J connectivity index is 2.29. The minimum atomic E-state index is -3.69. The van der Waals surface area contributed by atoms with E-state index in [1.54, 1.807) is 0 Å². The predicted molar refractivity (Wildman–Crippen MR) is 75.5 cm³/mol. The highest BCUT2D eigenvalue weighted by atomic mass is 32.2. The molecule has 7 heteroatoms. The molecule has 2 heterocycles. The Hall–Kier alpha value is -0.660. The monoisotopic (exact) mass is 304 g/mol. The normalized spacial score (nSPS) is 34.0. The Morgan fingerprint density at radius 2 is 1.65 bits per heavy atom. The molecule has 20 heavy (non-hydrogen) atoms. The van der Waals surface area contributed by atoms with Crippen LogP contribution < -0.4 is 0 Å². The number of hydrogen-bond donors (Lipinski definition) is 1. The Kier molecular flexibility index (Phi) is 4.71. The van der Waals surface area contributed by atoms with Crippen LogP contribution in [0.5, 0.6) is 0 Å². The first-order valence-corrected chi connectivity index (χ1v) is 8.78. The van der Waals surface area contributed by atoms with E-state index >= 15 is 0 Å². The minimum absolute atomic E-state index is 0.0554. The lowest BCUT2D eigenvalue weighted by Gasteiger charge is -2.43. The van der Waals surface area contributed by atoms with Gasteiger partial charge in [0, 0.05) is 18.6 Å². The van der Waals surface area contributed by atoms with E-state index in [9.17, 15) is 18.3 Å². The molecule has 2 rings (SSSR count). The number of carbonyl (C=O) groups is 1. The fourth-order valence-corrected chi connectivity index (χ4v) is 5.64. The predicted octanol–water partition coefficient (Wildman–Crippen LogP) is 1.43. The van der Waals surface area contributed by atoms with Gasteiger partial charge in [-0.25, -0.2) is 0 Å². The van der Waals surface area contributed by atoms with Crippen molar-refractivity contribution in [3.63, 3.8) is 0 Å². The molecule has 0 aliphatic carbocycles. The summed E-state index contributed by atoms with van der Waals surface area (Å²) in [5.74, 6) is -1.04. The van der Waals surface area contributed by atoms with E-state index in [4.69, 9.17) is 0 Å². The second-order valence-electron chi connectivity index (χ2n) is 5.93. The SMILES string of the molecule is CC1CCCC(C)N1S(=O)(=O)N1CCCCC1C(=O)O. The fraction of sp³-hybridized carbons (Fsp3) is 0.923. The van der Waals surface area contributed by atoms with Crippen molar-refractivity contribution in [2.24, 2.45) is 0 Å². The Morgan fingerprint density at radius 3 is 2.20 bits per heavy atom. The fourth-order valence-electron chi connectivity index (χ4n) is 3.40. The van der Waals surface area contributed by atoms with Gasteiger partial charge in [-0.3, -0.25) is 4.79 Å². The summed E-state index contributed by atoms with van der Waals surface area (Å²) in [6.45, 7) is 4.13.